The SMILES string of the molecule is CC(C)(C)Nc1noc2c(Br)ccc(C(F)(F)F)c12. The molecule has 2 aromatic rings. The minimum atomic E-state index is -4.46. The van der Waals surface area contributed by atoms with Gasteiger partial charge in [0.1, 0.15) is 0 Å². The van der Waals surface area contributed by atoms with Crippen LogP contribution in [0.1, 0.15) is 26.3 Å². The Kier molecular flexibility index (Phi) is 3.28. The third-order valence-electron chi connectivity index (χ3n) is 2.37. The van der Waals surface area contributed by atoms with Gasteiger partial charge in [0.15, 0.2) is 11.4 Å². The molecule has 19 heavy (non-hydrogen) atoms. The van der Waals surface area contributed by atoms with Crippen LogP contribution in [0.4, 0.5) is 19.0 Å². The van der Waals surface area contributed by atoms with Gasteiger partial charge in [-0.25, -0.2) is 0 Å². The second kappa shape index (κ2) is 4.40. The number of aromatic nitrogens is 1. The summed E-state index contributed by atoms with van der Waals surface area (Å²) in [7, 11) is 0. The molecule has 1 aromatic carbocycles. The van der Waals surface area contributed by atoms with Gasteiger partial charge in [-0.15, -0.1) is 0 Å². The Balaban J connectivity index is 2.71. The highest BCUT2D eigenvalue weighted by atomic mass is 79.9. The molecule has 0 fully saturated rings. The van der Waals surface area contributed by atoms with Crippen molar-refractivity contribution in [3.63, 3.8) is 0 Å². The largest absolute Gasteiger partial charge is 0.417 e. The Labute approximate surface area is 116 Å². The Morgan fingerprint density at radius 2 is 1.84 bits per heavy atom. The first-order valence-corrected chi connectivity index (χ1v) is 6.32. The van der Waals surface area contributed by atoms with Crippen LogP contribution in [0.3, 0.4) is 0 Å². The van der Waals surface area contributed by atoms with Crippen LogP contribution in [-0.4, -0.2) is 10.7 Å². The fourth-order valence-corrected chi connectivity index (χ4v) is 2.10. The number of benzene rings is 1. The number of fused-ring (bicyclic) bond motifs is 1. The quantitative estimate of drug-likeness (QED) is 0.811. The molecule has 1 N–H and O–H groups in total. The van der Waals surface area contributed by atoms with Crippen LogP contribution in [0.5, 0.6) is 0 Å². The molecule has 7 heteroatoms. The molecule has 0 aliphatic rings. The van der Waals surface area contributed by atoms with E-state index in [1.807, 2.05) is 20.8 Å². The fourth-order valence-electron chi connectivity index (χ4n) is 1.70. The van der Waals surface area contributed by atoms with E-state index in [9.17, 15) is 13.2 Å². The second-order valence-corrected chi connectivity index (χ2v) is 6.06. The predicted molar refractivity (Wildman–Crippen MR) is 70.1 cm³/mol. The van der Waals surface area contributed by atoms with Crippen LogP contribution < -0.4 is 5.32 Å². The van der Waals surface area contributed by atoms with Gasteiger partial charge in [-0.3, -0.25) is 0 Å². The molecule has 0 amide bonds. The van der Waals surface area contributed by atoms with E-state index in [1.54, 1.807) is 0 Å². The topological polar surface area (TPSA) is 38.1 Å². The average Bonchev–Trinajstić information content (AvgIpc) is 2.59. The fraction of sp³-hybridized carbons (Fsp3) is 0.417. The van der Waals surface area contributed by atoms with E-state index in [1.165, 1.54) is 6.07 Å². The van der Waals surface area contributed by atoms with Gasteiger partial charge in [0.2, 0.25) is 0 Å². The molecule has 104 valence electrons. The number of halogens is 4. The Morgan fingerprint density at radius 1 is 1.21 bits per heavy atom. The maximum absolute atomic E-state index is 13.0. The van der Waals surface area contributed by atoms with Gasteiger partial charge in [0.25, 0.3) is 0 Å². The molecule has 0 bridgehead atoms. The van der Waals surface area contributed by atoms with E-state index in [0.717, 1.165) is 6.07 Å². The highest BCUT2D eigenvalue weighted by Gasteiger charge is 2.36. The van der Waals surface area contributed by atoms with E-state index < -0.39 is 17.3 Å². The molecular formula is C12H12BrF3N2O. The van der Waals surface area contributed by atoms with Crippen LogP contribution in [0.25, 0.3) is 11.0 Å². The summed E-state index contributed by atoms with van der Waals surface area (Å²) in [6.07, 6.45) is -4.46. The summed E-state index contributed by atoms with van der Waals surface area (Å²) in [5, 5.41) is 6.56. The smallest absolute Gasteiger partial charge is 0.362 e. The van der Waals surface area contributed by atoms with Crippen molar-refractivity contribution in [3.05, 3.63) is 22.2 Å². The summed E-state index contributed by atoms with van der Waals surface area (Å²) in [6, 6.07) is 2.31. The zero-order valence-electron chi connectivity index (χ0n) is 10.5. The molecule has 1 aromatic heterocycles. The molecule has 0 saturated carbocycles. The number of anilines is 1. The number of hydrogen-bond donors (Lipinski definition) is 1. The first kappa shape index (κ1) is 14.2. The van der Waals surface area contributed by atoms with Gasteiger partial charge in [0, 0.05) is 5.54 Å². The highest BCUT2D eigenvalue weighted by molar-refractivity contribution is 9.10. The Morgan fingerprint density at radius 3 is 2.37 bits per heavy atom. The molecule has 0 radical (unpaired) electrons. The normalized spacial score (nSPS) is 13.0. The van der Waals surface area contributed by atoms with Gasteiger partial charge in [-0.05, 0) is 48.8 Å². The Bertz CT molecular complexity index is 614. The molecule has 0 unspecified atom stereocenters. The van der Waals surface area contributed by atoms with Gasteiger partial charge in [0.05, 0.1) is 15.4 Å². The van der Waals surface area contributed by atoms with Crippen LogP contribution in [0.2, 0.25) is 0 Å². The number of rotatable bonds is 1. The highest BCUT2D eigenvalue weighted by Crippen LogP contribution is 2.41. The van der Waals surface area contributed by atoms with E-state index in [2.05, 4.69) is 26.4 Å². The number of hydrogen-bond acceptors (Lipinski definition) is 3. The van der Waals surface area contributed by atoms with Crippen molar-refractivity contribution < 1.29 is 17.7 Å². The summed E-state index contributed by atoms with van der Waals surface area (Å²) in [5.74, 6) is 0.0936. The predicted octanol–water partition coefficient (Wildman–Crippen LogP) is 4.82. The molecule has 0 saturated heterocycles. The molecule has 3 nitrogen and oxygen atoms in total. The molecule has 0 aliphatic heterocycles. The van der Waals surface area contributed by atoms with E-state index in [0.29, 0.717) is 4.47 Å². The maximum atomic E-state index is 13.0. The van der Waals surface area contributed by atoms with Crippen molar-refractivity contribution in [1.82, 2.24) is 5.16 Å². The summed E-state index contributed by atoms with van der Waals surface area (Å²) in [5.41, 5.74) is -1.10. The average molecular weight is 337 g/mol. The number of alkyl halides is 3. The summed E-state index contributed by atoms with van der Waals surface area (Å²) in [6.45, 7) is 5.50. The maximum Gasteiger partial charge on any atom is 0.417 e. The van der Waals surface area contributed by atoms with E-state index in [-0.39, 0.29) is 16.8 Å². The lowest BCUT2D eigenvalue weighted by Gasteiger charge is -2.20. The molecule has 1 heterocycles. The summed E-state index contributed by atoms with van der Waals surface area (Å²) >= 11 is 3.16. The molecule has 0 aliphatic carbocycles. The zero-order valence-corrected chi connectivity index (χ0v) is 12.1. The van der Waals surface area contributed by atoms with Crippen molar-refractivity contribution in [2.24, 2.45) is 0 Å². The lowest BCUT2D eigenvalue weighted by Crippen LogP contribution is -2.26. The second-order valence-electron chi connectivity index (χ2n) is 5.20. The van der Waals surface area contributed by atoms with Crippen molar-refractivity contribution in [2.75, 3.05) is 5.32 Å². The molecule has 0 atom stereocenters. The lowest BCUT2D eigenvalue weighted by molar-refractivity contribution is -0.136. The van der Waals surface area contributed by atoms with Crippen molar-refractivity contribution >= 4 is 32.7 Å². The summed E-state index contributed by atoms with van der Waals surface area (Å²) in [4.78, 5) is 0. The molecule has 2 rings (SSSR count). The van der Waals surface area contributed by atoms with Crippen LogP contribution in [0.15, 0.2) is 21.1 Å². The van der Waals surface area contributed by atoms with Crippen molar-refractivity contribution in [1.29, 1.82) is 0 Å². The standard InChI is InChI=1S/C12H12BrF3N2O/c1-11(2,3)17-10-8-6(12(14,15)16)4-5-7(13)9(8)19-18-10/h4-5H,1-3H3,(H,17,18). The van der Waals surface area contributed by atoms with Gasteiger partial charge in [-0.2, -0.15) is 13.2 Å². The van der Waals surface area contributed by atoms with E-state index in [4.69, 9.17) is 4.52 Å². The minimum absolute atomic E-state index is 0.0585. The van der Waals surface area contributed by atoms with Gasteiger partial charge in [-0.1, -0.05) is 5.16 Å². The first-order chi connectivity index (χ1) is 8.59. The zero-order chi connectivity index (χ0) is 14.4. The monoisotopic (exact) mass is 336 g/mol. The van der Waals surface area contributed by atoms with Crippen molar-refractivity contribution in [3.8, 4) is 0 Å². The molecule has 0 spiro atoms. The number of nitrogens with zero attached hydrogens (tertiary/aromatic N) is 1. The Hall–Kier alpha value is -1.24. The minimum Gasteiger partial charge on any atom is -0.362 e. The van der Waals surface area contributed by atoms with Crippen molar-refractivity contribution in [2.45, 2.75) is 32.5 Å². The van der Waals surface area contributed by atoms with Crippen LogP contribution in [-0.2, 0) is 6.18 Å². The van der Waals surface area contributed by atoms with Gasteiger partial charge >= 0.3 is 6.18 Å². The lowest BCUT2D eigenvalue weighted by atomic mass is 10.1. The summed E-state index contributed by atoms with van der Waals surface area (Å²) < 4.78 is 44.5. The van der Waals surface area contributed by atoms with Crippen LogP contribution in [0, 0.1) is 0 Å². The van der Waals surface area contributed by atoms with E-state index >= 15 is 0 Å². The third-order valence-corrected chi connectivity index (χ3v) is 3.00. The first-order valence-electron chi connectivity index (χ1n) is 5.53. The third kappa shape index (κ3) is 2.86. The van der Waals surface area contributed by atoms with Crippen LogP contribution >= 0.6 is 15.9 Å². The molecular weight excluding hydrogens is 325 g/mol. The van der Waals surface area contributed by atoms with Gasteiger partial charge < -0.3 is 9.84 Å². The number of nitrogens with one attached hydrogen (secondary N) is 1.